The number of nitrogens with zero attached hydrogens (tertiary/aromatic N) is 2. The molecule has 0 spiro atoms. The number of carbonyl (C=O) groups excluding carboxylic acids is 2. The highest BCUT2D eigenvalue weighted by molar-refractivity contribution is 5.93. The smallest absolute Gasteiger partial charge is 0.338 e. The number of hydrogen-bond donors (Lipinski definition) is 1. The van der Waals surface area contributed by atoms with E-state index in [0.29, 0.717) is 11.3 Å². The third-order valence-electron chi connectivity index (χ3n) is 3.59. The molecular weight excluding hydrogens is 306 g/mol. The fourth-order valence-corrected chi connectivity index (χ4v) is 2.48. The van der Waals surface area contributed by atoms with Crippen molar-refractivity contribution in [2.24, 2.45) is 0 Å². The molecule has 0 aliphatic carbocycles. The van der Waals surface area contributed by atoms with Gasteiger partial charge in [0.15, 0.2) is 0 Å². The highest BCUT2D eigenvalue weighted by Crippen LogP contribution is 2.15. The van der Waals surface area contributed by atoms with Crippen molar-refractivity contribution >= 4 is 23.2 Å². The summed E-state index contributed by atoms with van der Waals surface area (Å²) in [6.07, 6.45) is 1.88. The predicted octanol–water partition coefficient (Wildman–Crippen LogP) is 2.96. The quantitative estimate of drug-likeness (QED) is 0.749. The molecule has 0 atom stereocenters. The van der Waals surface area contributed by atoms with Gasteiger partial charge < -0.3 is 14.5 Å². The van der Waals surface area contributed by atoms with Crippen LogP contribution in [0.4, 0.5) is 5.69 Å². The second kappa shape index (κ2) is 6.54. The van der Waals surface area contributed by atoms with Crippen molar-refractivity contribution in [1.82, 2.24) is 9.38 Å². The summed E-state index contributed by atoms with van der Waals surface area (Å²) in [5.41, 5.74) is 3.40. The molecule has 1 N–H and O–H groups in total. The van der Waals surface area contributed by atoms with Crippen LogP contribution in [0.1, 0.15) is 28.7 Å². The van der Waals surface area contributed by atoms with Gasteiger partial charge in [0.25, 0.3) is 0 Å². The summed E-state index contributed by atoms with van der Waals surface area (Å²) < 4.78 is 7.31. The van der Waals surface area contributed by atoms with Crippen LogP contribution in [-0.4, -0.2) is 21.3 Å². The zero-order chi connectivity index (χ0) is 17.1. The summed E-state index contributed by atoms with van der Waals surface area (Å²) in [6, 6.07) is 12.4. The molecule has 0 saturated heterocycles. The van der Waals surface area contributed by atoms with Crippen LogP contribution < -0.4 is 5.32 Å². The van der Waals surface area contributed by atoms with Gasteiger partial charge in [-0.15, -0.1) is 0 Å². The van der Waals surface area contributed by atoms with Gasteiger partial charge in [-0.25, -0.2) is 9.78 Å². The van der Waals surface area contributed by atoms with Crippen molar-refractivity contribution < 1.29 is 14.3 Å². The number of aromatic nitrogens is 2. The van der Waals surface area contributed by atoms with Gasteiger partial charge >= 0.3 is 5.97 Å². The standard InChI is InChI=1S/C18H17N3O3/c1-12-16(21-9-4-3-8-17(21)19-12)11-24-18(23)14-6-5-7-15(10-14)20-13(2)22/h3-10H,11H2,1-2H3,(H,20,22). The van der Waals surface area contributed by atoms with Crippen molar-refractivity contribution in [3.63, 3.8) is 0 Å². The maximum Gasteiger partial charge on any atom is 0.338 e. The molecule has 6 nitrogen and oxygen atoms in total. The number of amides is 1. The molecule has 0 fully saturated rings. The van der Waals surface area contributed by atoms with Gasteiger partial charge in [-0.2, -0.15) is 0 Å². The molecule has 122 valence electrons. The summed E-state index contributed by atoms with van der Waals surface area (Å²) in [5.74, 6) is -0.644. The average molecular weight is 323 g/mol. The SMILES string of the molecule is CC(=O)Nc1cccc(C(=O)OCc2c(C)nc3ccccn23)c1. The maximum absolute atomic E-state index is 12.3. The van der Waals surface area contributed by atoms with Crippen LogP contribution in [0.5, 0.6) is 0 Å². The molecule has 6 heteroatoms. The molecule has 0 unspecified atom stereocenters. The Morgan fingerprint density at radius 3 is 2.83 bits per heavy atom. The first kappa shape index (κ1) is 15.7. The average Bonchev–Trinajstić information content (AvgIpc) is 2.87. The lowest BCUT2D eigenvalue weighted by Gasteiger charge is -2.07. The van der Waals surface area contributed by atoms with E-state index in [1.807, 2.05) is 35.7 Å². The van der Waals surface area contributed by atoms with E-state index in [1.54, 1.807) is 24.3 Å². The van der Waals surface area contributed by atoms with Crippen LogP contribution in [0.15, 0.2) is 48.7 Å². The normalized spacial score (nSPS) is 10.6. The van der Waals surface area contributed by atoms with E-state index in [9.17, 15) is 9.59 Å². The third-order valence-corrected chi connectivity index (χ3v) is 3.59. The number of anilines is 1. The summed E-state index contributed by atoms with van der Waals surface area (Å²) in [6.45, 7) is 3.42. The van der Waals surface area contributed by atoms with Gasteiger partial charge in [0.1, 0.15) is 12.3 Å². The number of nitrogens with one attached hydrogen (secondary N) is 1. The number of hydrogen-bond acceptors (Lipinski definition) is 4. The van der Waals surface area contributed by atoms with Crippen LogP contribution in [-0.2, 0) is 16.1 Å². The van der Waals surface area contributed by atoms with Gasteiger partial charge in [-0.1, -0.05) is 12.1 Å². The number of aryl methyl sites for hydroxylation is 1. The van der Waals surface area contributed by atoms with Crippen LogP contribution in [0.25, 0.3) is 5.65 Å². The number of benzene rings is 1. The summed E-state index contributed by atoms with van der Waals surface area (Å²) in [4.78, 5) is 27.8. The summed E-state index contributed by atoms with van der Waals surface area (Å²) >= 11 is 0. The first-order valence-corrected chi connectivity index (χ1v) is 7.52. The van der Waals surface area contributed by atoms with E-state index < -0.39 is 5.97 Å². The minimum atomic E-state index is -0.451. The number of imidazole rings is 1. The van der Waals surface area contributed by atoms with Crippen molar-refractivity contribution in [1.29, 1.82) is 0 Å². The molecule has 3 aromatic rings. The van der Waals surface area contributed by atoms with Crippen molar-refractivity contribution in [2.45, 2.75) is 20.5 Å². The van der Waals surface area contributed by atoms with Gasteiger partial charge in [-0.05, 0) is 37.3 Å². The van der Waals surface area contributed by atoms with Gasteiger partial charge in [0.05, 0.1) is 17.0 Å². The molecule has 1 amide bonds. The number of carbonyl (C=O) groups is 2. The lowest BCUT2D eigenvalue weighted by Crippen LogP contribution is -2.09. The van der Waals surface area contributed by atoms with Crippen LogP contribution >= 0.6 is 0 Å². The summed E-state index contributed by atoms with van der Waals surface area (Å²) in [5, 5.41) is 2.64. The third kappa shape index (κ3) is 3.27. The molecule has 0 bridgehead atoms. The maximum atomic E-state index is 12.3. The number of fused-ring (bicyclic) bond motifs is 1. The predicted molar refractivity (Wildman–Crippen MR) is 89.8 cm³/mol. The van der Waals surface area contributed by atoms with E-state index in [4.69, 9.17) is 4.74 Å². The van der Waals surface area contributed by atoms with Crippen molar-refractivity contribution in [3.05, 3.63) is 65.6 Å². The lowest BCUT2D eigenvalue weighted by molar-refractivity contribution is -0.114. The Labute approximate surface area is 139 Å². The number of esters is 1. The van der Waals surface area contributed by atoms with E-state index in [1.165, 1.54) is 6.92 Å². The zero-order valence-corrected chi connectivity index (χ0v) is 13.4. The molecule has 0 aliphatic rings. The molecule has 0 radical (unpaired) electrons. The fourth-order valence-electron chi connectivity index (χ4n) is 2.48. The Hall–Kier alpha value is -3.15. The molecule has 2 aromatic heterocycles. The molecule has 0 aliphatic heterocycles. The molecule has 1 aromatic carbocycles. The van der Waals surface area contributed by atoms with Crippen molar-refractivity contribution in [3.8, 4) is 0 Å². The summed E-state index contributed by atoms with van der Waals surface area (Å²) in [7, 11) is 0. The minimum absolute atomic E-state index is 0.125. The highest BCUT2D eigenvalue weighted by atomic mass is 16.5. The molecule has 24 heavy (non-hydrogen) atoms. The van der Waals surface area contributed by atoms with Gasteiger partial charge in [0.2, 0.25) is 5.91 Å². The number of ether oxygens (including phenoxy) is 1. The van der Waals surface area contributed by atoms with E-state index in [2.05, 4.69) is 10.3 Å². The first-order chi connectivity index (χ1) is 11.5. The van der Waals surface area contributed by atoms with Crippen LogP contribution in [0.3, 0.4) is 0 Å². The molecule has 2 heterocycles. The highest BCUT2D eigenvalue weighted by Gasteiger charge is 2.13. The van der Waals surface area contributed by atoms with E-state index in [0.717, 1.165) is 17.0 Å². The van der Waals surface area contributed by atoms with Gasteiger partial charge in [0, 0.05) is 18.8 Å². The van der Waals surface area contributed by atoms with E-state index in [-0.39, 0.29) is 12.5 Å². The topological polar surface area (TPSA) is 72.7 Å². The molecular formula is C18H17N3O3. The molecule has 0 saturated carbocycles. The van der Waals surface area contributed by atoms with Gasteiger partial charge in [-0.3, -0.25) is 4.79 Å². The minimum Gasteiger partial charge on any atom is -0.456 e. The zero-order valence-electron chi connectivity index (χ0n) is 13.4. The monoisotopic (exact) mass is 323 g/mol. The Morgan fingerprint density at radius 2 is 2.04 bits per heavy atom. The Kier molecular flexibility index (Phi) is 4.29. The van der Waals surface area contributed by atoms with E-state index >= 15 is 0 Å². The Bertz CT molecular complexity index is 915. The second-order valence-corrected chi connectivity index (χ2v) is 5.41. The van der Waals surface area contributed by atoms with Crippen LogP contribution in [0.2, 0.25) is 0 Å². The lowest BCUT2D eigenvalue weighted by atomic mass is 10.2. The Balaban J connectivity index is 1.75. The number of rotatable bonds is 4. The second-order valence-electron chi connectivity index (χ2n) is 5.41. The Morgan fingerprint density at radius 1 is 1.21 bits per heavy atom. The van der Waals surface area contributed by atoms with Crippen molar-refractivity contribution in [2.75, 3.05) is 5.32 Å². The number of pyridine rings is 1. The molecule has 3 rings (SSSR count). The fraction of sp³-hybridized carbons (Fsp3) is 0.167. The largest absolute Gasteiger partial charge is 0.456 e. The first-order valence-electron chi connectivity index (χ1n) is 7.52. The van der Waals surface area contributed by atoms with Crippen LogP contribution in [0, 0.1) is 6.92 Å².